The molecule has 0 saturated heterocycles. The van der Waals surface area contributed by atoms with Crippen LogP contribution in [0.15, 0.2) is 41.6 Å². The average Bonchev–Trinajstić information content (AvgIpc) is 2.32. The Morgan fingerprint density at radius 1 is 1.11 bits per heavy atom. The number of anilines is 1. The van der Waals surface area contributed by atoms with Gasteiger partial charge in [0.05, 0.1) is 4.90 Å². The number of halogens is 1. The largest absolute Gasteiger partial charge is 1.00 e. The minimum absolute atomic E-state index is 0. The van der Waals surface area contributed by atoms with Gasteiger partial charge in [0, 0.05) is 16.7 Å². The van der Waals surface area contributed by atoms with Crippen LogP contribution in [0.3, 0.4) is 0 Å². The molecule has 2 N–H and O–H groups in total. The summed E-state index contributed by atoms with van der Waals surface area (Å²) in [5, 5.41) is 0.304. The van der Waals surface area contributed by atoms with Crippen LogP contribution in [0.1, 0.15) is 0 Å². The van der Waals surface area contributed by atoms with Crippen molar-refractivity contribution in [3.05, 3.63) is 46.4 Å². The second-order valence-electron chi connectivity index (χ2n) is 3.34. The predicted molar refractivity (Wildman–Crippen MR) is 68.1 cm³/mol. The van der Waals surface area contributed by atoms with Gasteiger partial charge >= 0.3 is 29.6 Å². The van der Waals surface area contributed by atoms with Gasteiger partial charge in [0.25, 0.3) is 0 Å². The molecule has 0 unspecified atom stereocenters. The first-order valence-electron chi connectivity index (χ1n) is 4.78. The van der Waals surface area contributed by atoms with E-state index in [0.717, 1.165) is 0 Å². The van der Waals surface area contributed by atoms with Crippen LogP contribution in [0, 0.1) is 0 Å². The fraction of sp³-hybridized carbons (Fsp3) is 0. The van der Waals surface area contributed by atoms with Gasteiger partial charge in [-0.15, -0.1) is 0 Å². The van der Waals surface area contributed by atoms with E-state index in [-0.39, 0.29) is 40.4 Å². The van der Waals surface area contributed by atoms with Crippen LogP contribution >= 0.6 is 11.6 Å². The number of nitrogens with two attached hydrogens (primary N) is 1. The van der Waals surface area contributed by atoms with Gasteiger partial charge in [0.2, 0.25) is 10.0 Å². The molecule has 0 radical (unpaired) electrons. The minimum Gasteiger partial charge on any atom is -0.399 e. The molecular weight excluding hydrogens is 299 g/mol. The Bertz CT molecular complexity index is 646. The molecule has 9 heteroatoms. The summed E-state index contributed by atoms with van der Waals surface area (Å²) in [6, 6.07) is 5.68. The summed E-state index contributed by atoms with van der Waals surface area (Å²) in [5.74, 6) is -0.170. The third kappa shape index (κ3) is 4.32. The Morgan fingerprint density at radius 2 is 1.63 bits per heavy atom. The molecule has 6 nitrogen and oxygen atoms in total. The molecule has 0 aliphatic carbocycles. The topological polar surface area (TPSA) is 100 Å². The molecule has 19 heavy (non-hydrogen) atoms. The van der Waals surface area contributed by atoms with Gasteiger partial charge in [-0.05, 0) is 36.7 Å². The van der Waals surface area contributed by atoms with Crippen molar-refractivity contribution in [1.29, 1.82) is 0 Å². The van der Waals surface area contributed by atoms with Crippen LogP contribution in [-0.2, 0) is 10.0 Å². The summed E-state index contributed by atoms with van der Waals surface area (Å²) >= 11 is 5.59. The second-order valence-corrected chi connectivity index (χ2v) is 5.38. The summed E-state index contributed by atoms with van der Waals surface area (Å²) in [4.78, 5) is 7.41. The van der Waals surface area contributed by atoms with Crippen LogP contribution < -0.4 is 35.3 Å². The molecule has 0 aliphatic heterocycles. The van der Waals surface area contributed by atoms with Gasteiger partial charge in [-0.2, -0.15) is 0 Å². The maximum Gasteiger partial charge on any atom is 1.00 e. The molecule has 0 saturated carbocycles. The first-order chi connectivity index (χ1) is 8.47. The zero-order valence-electron chi connectivity index (χ0n) is 9.99. The van der Waals surface area contributed by atoms with Gasteiger partial charge < -0.3 is 15.7 Å². The Hall–Kier alpha value is -0.860. The van der Waals surface area contributed by atoms with Crippen molar-refractivity contribution in [2.75, 3.05) is 5.73 Å². The van der Waals surface area contributed by atoms with Crippen molar-refractivity contribution < 1.29 is 38.0 Å². The van der Waals surface area contributed by atoms with E-state index >= 15 is 0 Å². The molecule has 2 rings (SSSR count). The molecule has 0 spiro atoms. The summed E-state index contributed by atoms with van der Waals surface area (Å²) < 4.78 is 27.2. The van der Waals surface area contributed by atoms with Crippen LogP contribution in [-0.4, -0.2) is 18.4 Å². The van der Waals surface area contributed by atoms with Crippen molar-refractivity contribution in [3.63, 3.8) is 0 Å². The number of sulfonamides is 1. The zero-order valence-corrected chi connectivity index (χ0v) is 13.6. The third-order valence-electron chi connectivity index (χ3n) is 1.99. The number of nitrogens with zero attached hydrogens (tertiary/aromatic N) is 3. The van der Waals surface area contributed by atoms with E-state index in [4.69, 9.17) is 17.3 Å². The maximum absolute atomic E-state index is 11.9. The zero-order chi connectivity index (χ0) is 13.2. The minimum atomic E-state index is -3.84. The number of hydrogen-bond acceptors (Lipinski definition) is 5. The van der Waals surface area contributed by atoms with Gasteiger partial charge in [0.1, 0.15) is 0 Å². The number of aromatic nitrogens is 2. The van der Waals surface area contributed by atoms with Crippen LogP contribution in [0.25, 0.3) is 4.72 Å². The van der Waals surface area contributed by atoms with Crippen molar-refractivity contribution in [3.8, 4) is 0 Å². The van der Waals surface area contributed by atoms with Crippen molar-refractivity contribution in [1.82, 2.24) is 9.97 Å². The average molecular weight is 307 g/mol. The van der Waals surface area contributed by atoms with Crippen LogP contribution in [0.2, 0.25) is 5.02 Å². The van der Waals surface area contributed by atoms with Crippen molar-refractivity contribution >= 4 is 33.3 Å². The number of rotatable bonds is 3. The van der Waals surface area contributed by atoms with E-state index in [0.29, 0.717) is 10.7 Å². The molecule has 0 aliphatic rings. The van der Waals surface area contributed by atoms with Gasteiger partial charge in [-0.3, -0.25) is 4.72 Å². The van der Waals surface area contributed by atoms with Gasteiger partial charge in [-0.1, -0.05) is 11.6 Å². The standard InChI is InChI=1S/C10H8ClN4O2S.Na/c11-7-5-13-10(14-6-7)15-18(16,17)9-3-1-8(12)2-4-9;/h1-6H,12H2;/q-1;+1. The summed E-state index contributed by atoms with van der Waals surface area (Å²) in [7, 11) is -3.84. The van der Waals surface area contributed by atoms with Gasteiger partial charge in [-0.25, -0.2) is 8.42 Å². The quantitative estimate of drug-likeness (QED) is 0.586. The normalized spacial score (nSPS) is 10.6. The van der Waals surface area contributed by atoms with E-state index in [9.17, 15) is 8.42 Å². The van der Waals surface area contributed by atoms with Crippen molar-refractivity contribution in [2.24, 2.45) is 0 Å². The fourth-order valence-corrected chi connectivity index (χ4v) is 2.14. The molecule has 0 fully saturated rings. The van der Waals surface area contributed by atoms with Crippen LogP contribution in [0.5, 0.6) is 0 Å². The Labute approximate surface area is 137 Å². The number of benzene rings is 1. The smallest absolute Gasteiger partial charge is 0.399 e. The van der Waals surface area contributed by atoms with Crippen LogP contribution in [0.4, 0.5) is 11.6 Å². The Balaban J connectivity index is 0.00000180. The molecule has 2 aromatic rings. The monoisotopic (exact) mass is 306 g/mol. The first kappa shape index (κ1) is 16.2. The second kappa shape index (κ2) is 6.53. The van der Waals surface area contributed by atoms with E-state index in [1.807, 2.05) is 0 Å². The molecule has 94 valence electrons. The van der Waals surface area contributed by atoms with Gasteiger partial charge in [0.15, 0.2) is 0 Å². The summed E-state index contributed by atoms with van der Waals surface area (Å²) in [6.45, 7) is 0. The predicted octanol–water partition coefficient (Wildman–Crippen LogP) is -0.890. The summed E-state index contributed by atoms with van der Waals surface area (Å²) in [6.07, 6.45) is 2.54. The SMILES string of the molecule is Nc1ccc(S(=O)(=O)[N-]c2ncc(Cl)cn2)cc1.[Na+]. The Morgan fingerprint density at radius 3 is 2.16 bits per heavy atom. The Kier molecular flexibility index (Phi) is 5.57. The molecule has 0 amide bonds. The summed E-state index contributed by atoms with van der Waals surface area (Å²) in [5.41, 5.74) is 5.94. The first-order valence-corrected chi connectivity index (χ1v) is 6.60. The maximum atomic E-state index is 11.9. The number of nitrogen functional groups attached to an aromatic ring is 1. The molecular formula is C10H8ClN4NaO2S. The molecule has 1 aromatic carbocycles. The molecule has 0 bridgehead atoms. The molecule has 0 atom stereocenters. The van der Waals surface area contributed by atoms with E-state index in [2.05, 4.69) is 14.7 Å². The molecule has 1 heterocycles. The fourth-order valence-electron chi connectivity index (χ4n) is 1.15. The van der Waals surface area contributed by atoms with E-state index in [1.165, 1.54) is 36.7 Å². The number of hydrogen-bond donors (Lipinski definition) is 1. The van der Waals surface area contributed by atoms with E-state index in [1.54, 1.807) is 0 Å². The van der Waals surface area contributed by atoms with E-state index < -0.39 is 10.0 Å². The molecule has 1 aromatic heterocycles. The van der Waals surface area contributed by atoms with Crippen molar-refractivity contribution in [2.45, 2.75) is 4.90 Å². The third-order valence-corrected chi connectivity index (χ3v) is 3.45.